The van der Waals surface area contributed by atoms with Crippen molar-refractivity contribution in [1.29, 1.82) is 5.41 Å². The highest BCUT2D eigenvalue weighted by Crippen LogP contribution is 2.29. The summed E-state index contributed by atoms with van der Waals surface area (Å²) in [6, 6.07) is 1.65. The number of nitrogen functional groups attached to an aromatic ring is 1. The number of hydrogen-bond donors (Lipinski definition) is 2. The third-order valence-electron chi connectivity index (χ3n) is 2.58. The summed E-state index contributed by atoms with van der Waals surface area (Å²) >= 11 is 7.70. The summed E-state index contributed by atoms with van der Waals surface area (Å²) in [6.45, 7) is 0.847. The smallest absolute Gasteiger partial charge is 0.124 e. The highest BCUT2D eigenvalue weighted by atomic mass is 35.5. The molecular weight excluding hydrogens is 258 g/mol. The van der Waals surface area contributed by atoms with Crippen LogP contribution in [0.1, 0.15) is 18.4 Å². The zero-order valence-electron chi connectivity index (χ0n) is 9.28. The van der Waals surface area contributed by atoms with Gasteiger partial charge in [-0.3, -0.25) is 5.41 Å². The average Bonchev–Trinajstić information content (AvgIpc) is 2.80. The molecule has 1 fully saturated rings. The minimum atomic E-state index is -0.0311. The molecule has 0 aliphatic carbocycles. The molecule has 1 atom stereocenters. The molecule has 1 aliphatic rings. The predicted molar refractivity (Wildman–Crippen MR) is 70.0 cm³/mol. The van der Waals surface area contributed by atoms with Gasteiger partial charge in [-0.2, -0.15) is 0 Å². The molecule has 2 heterocycles. The molecule has 17 heavy (non-hydrogen) atoms. The molecule has 1 aromatic heterocycles. The van der Waals surface area contributed by atoms with Gasteiger partial charge < -0.3 is 10.5 Å². The molecule has 0 amide bonds. The summed E-state index contributed by atoms with van der Waals surface area (Å²) in [5, 5.41) is 8.58. The maximum Gasteiger partial charge on any atom is 0.124 e. The number of nitrogens with two attached hydrogens (primary N) is 1. The largest absolute Gasteiger partial charge is 0.384 e. The Labute approximate surface area is 109 Å². The van der Waals surface area contributed by atoms with Gasteiger partial charge in [-0.1, -0.05) is 11.6 Å². The van der Waals surface area contributed by atoms with Crippen LogP contribution in [0.2, 0.25) is 5.02 Å². The number of ether oxygens (including phenoxy) is 1. The fourth-order valence-corrected chi connectivity index (χ4v) is 3.04. The van der Waals surface area contributed by atoms with Crippen LogP contribution in [-0.2, 0) is 4.74 Å². The maximum atomic E-state index is 7.40. The number of thioether (sulfide) groups is 1. The lowest BCUT2D eigenvalue weighted by atomic mass is 10.2. The Morgan fingerprint density at radius 2 is 2.53 bits per heavy atom. The molecular formula is C11H14ClN3OS. The molecule has 92 valence electrons. The third kappa shape index (κ3) is 3.12. The van der Waals surface area contributed by atoms with Gasteiger partial charge in [-0.15, -0.1) is 11.8 Å². The highest BCUT2D eigenvalue weighted by Gasteiger charge is 2.17. The number of nitrogens with one attached hydrogen (secondary N) is 1. The summed E-state index contributed by atoms with van der Waals surface area (Å²) in [6.07, 6.45) is 4.14. The molecule has 1 aromatic rings. The van der Waals surface area contributed by atoms with E-state index in [9.17, 15) is 0 Å². The van der Waals surface area contributed by atoms with Crippen molar-refractivity contribution >= 4 is 29.2 Å². The molecule has 1 aliphatic heterocycles. The van der Waals surface area contributed by atoms with Gasteiger partial charge in [0.1, 0.15) is 10.9 Å². The minimum absolute atomic E-state index is 0.0311. The lowest BCUT2D eigenvalue weighted by Crippen LogP contribution is -2.13. The Balaban J connectivity index is 2.04. The Hall–Kier alpha value is -0.780. The lowest BCUT2D eigenvalue weighted by Gasteiger charge is -2.10. The zero-order valence-corrected chi connectivity index (χ0v) is 10.9. The SMILES string of the molecule is N=C(N)c1ccnc(SCC2CCCO2)c1Cl. The quantitative estimate of drug-likeness (QED) is 0.501. The van der Waals surface area contributed by atoms with Crippen LogP contribution in [0, 0.1) is 5.41 Å². The van der Waals surface area contributed by atoms with Crippen LogP contribution in [0.4, 0.5) is 0 Å². The number of aromatic nitrogens is 1. The van der Waals surface area contributed by atoms with Crippen molar-refractivity contribution < 1.29 is 4.74 Å². The number of rotatable bonds is 4. The van der Waals surface area contributed by atoms with Crippen molar-refractivity contribution in [3.8, 4) is 0 Å². The van der Waals surface area contributed by atoms with Crippen molar-refractivity contribution in [3.63, 3.8) is 0 Å². The van der Waals surface area contributed by atoms with Crippen LogP contribution in [0.3, 0.4) is 0 Å². The minimum Gasteiger partial charge on any atom is -0.384 e. The fourth-order valence-electron chi connectivity index (χ4n) is 1.68. The monoisotopic (exact) mass is 271 g/mol. The van der Waals surface area contributed by atoms with Crippen molar-refractivity contribution in [1.82, 2.24) is 4.98 Å². The zero-order chi connectivity index (χ0) is 12.3. The van der Waals surface area contributed by atoms with Crippen LogP contribution in [0.15, 0.2) is 17.3 Å². The molecule has 6 heteroatoms. The van der Waals surface area contributed by atoms with Gasteiger partial charge in [-0.25, -0.2) is 4.98 Å². The first-order valence-electron chi connectivity index (χ1n) is 5.42. The van der Waals surface area contributed by atoms with Crippen LogP contribution >= 0.6 is 23.4 Å². The molecule has 0 aromatic carbocycles. The van der Waals surface area contributed by atoms with E-state index in [-0.39, 0.29) is 5.84 Å². The van der Waals surface area contributed by atoms with Gasteiger partial charge in [0.15, 0.2) is 0 Å². The first kappa shape index (κ1) is 12.7. The van der Waals surface area contributed by atoms with Crippen LogP contribution in [0.25, 0.3) is 0 Å². The van der Waals surface area contributed by atoms with Crippen LogP contribution < -0.4 is 5.73 Å². The van der Waals surface area contributed by atoms with Gasteiger partial charge in [0.25, 0.3) is 0 Å². The second-order valence-electron chi connectivity index (χ2n) is 3.84. The van der Waals surface area contributed by atoms with Crippen molar-refractivity contribution in [2.24, 2.45) is 5.73 Å². The van der Waals surface area contributed by atoms with Gasteiger partial charge >= 0.3 is 0 Å². The number of halogens is 1. The Morgan fingerprint density at radius 3 is 3.18 bits per heavy atom. The van der Waals surface area contributed by atoms with Crippen LogP contribution in [-0.4, -0.2) is 29.3 Å². The van der Waals surface area contributed by atoms with E-state index in [1.807, 2.05) is 0 Å². The number of nitrogens with zero attached hydrogens (tertiary/aromatic N) is 1. The molecule has 2 rings (SSSR count). The van der Waals surface area contributed by atoms with Crippen molar-refractivity contribution in [2.45, 2.75) is 24.0 Å². The van der Waals surface area contributed by atoms with Crippen LogP contribution in [0.5, 0.6) is 0 Å². The summed E-state index contributed by atoms with van der Waals surface area (Å²) < 4.78 is 5.53. The first-order chi connectivity index (χ1) is 8.18. The number of hydrogen-bond acceptors (Lipinski definition) is 4. The number of amidine groups is 1. The second-order valence-corrected chi connectivity index (χ2v) is 5.22. The standard InChI is InChI=1S/C11H14ClN3OS/c12-9-8(10(13)14)3-4-15-11(9)17-6-7-2-1-5-16-7/h3-4,7H,1-2,5-6H2,(H3,13,14). The summed E-state index contributed by atoms with van der Waals surface area (Å²) in [4.78, 5) is 4.21. The summed E-state index contributed by atoms with van der Waals surface area (Å²) in [5.41, 5.74) is 5.98. The van der Waals surface area contributed by atoms with E-state index < -0.39 is 0 Å². The van der Waals surface area contributed by atoms with E-state index in [1.165, 1.54) is 0 Å². The Bertz CT molecular complexity index is 421. The van der Waals surface area contributed by atoms with E-state index in [1.54, 1.807) is 24.0 Å². The fraction of sp³-hybridized carbons (Fsp3) is 0.455. The van der Waals surface area contributed by atoms with Crippen molar-refractivity contribution in [2.75, 3.05) is 12.4 Å². The Morgan fingerprint density at radius 1 is 1.71 bits per heavy atom. The van der Waals surface area contributed by atoms with E-state index in [0.29, 0.717) is 16.7 Å². The van der Waals surface area contributed by atoms with Gasteiger partial charge in [0, 0.05) is 24.1 Å². The first-order valence-corrected chi connectivity index (χ1v) is 6.78. The molecule has 0 bridgehead atoms. The topological polar surface area (TPSA) is 72.0 Å². The molecule has 1 saturated heterocycles. The van der Waals surface area contributed by atoms with E-state index >= 15 is 0 Å². The molecule has 1 unspecified atom stereocenters. The van der Waals surface area contributed by atoms with Gasteiger partial charge in [-0.05, 0) is 18.9 Å². The van der Waals surface area contributed by atoms with Crippen molar-refractivity contribution in [3.05, 3.63) is 22.8 Å². The van der Waals surface area contributed by atoms with E-state index in [4.69, 9.17) is 27.5 Å². The molecule has 0 saturated carbocycles. The molecule has 4 nitrogen and oxygen atoms in total. The summed E-state index contributed by atoms with van der Waals surface area (Å²) in [5.74, 6) is 0.810. The highest BCUT2D eigenvalue weighted by molar-refractivity contribution is 7.99. The molecule has 0 radical (unpaired) electrons. The van der Waals surface area contributed by atoms with Gasteiger partial charge in [0.2, 0.25) is 0 Å². The normalized spacial score (nSPS) is 19.5. The summed E-state index contributed by atoms with van der Waals surface area (Å²) in [7, 11) is 0. The second kappa shape index (κ2) is 5.71. The van der Waals surface area contributed by atoms with Gasteiger partial charge in [0.05, 0.1) is 11.1 Å². The third-order valence-corrected chi connectivity index (χ3v) is 4.19. The average molecular weight is 272 g/mol. The molecule has 3 N–H and O–H groups in total. The van der Waals surface area contributed by atoms with E-state index in [2.05, 4.69) is 4.98 Å². The molecule has 0 spiro atoms. The lowest BCUT2D eigenvalue weighted by molar-refractivity contribution is 0.129. The number of pyridine rings is 1. The predicted octanol–water partition coefficient (Wildman–Crippen LogP) is 2.29. The van der Waals surface area contributed by atoms with E-state index in [0.717, 1.165) is 30.2 Å². The Kier molecular flexibility index (Phi) is 4.25. The maximum absolute atomic E-state index is 7.40.